The molecule has 52 nitrogen and oxygen atoms in total. The molecule has 0 spiro atoms. The van der Waals surface area contributed by atoms with Crippen molar-refractivity contribution in [2.75, 3.05) is 118 Å². The molecule has 0 aliphatic carbocycles. The smallest absolute Gasteiger partial charge is 1.00 e. The Bertz CT molecular complexity index is 2460. The van der Waals surface area contributed by atoms with Crippen LogP contribution in [-0.4, -0.2) is 286 Å². The van der Waals surface area contributed by atoms with Gasteiger partial charge in [-0.15, -0.1) is 0 Å². The van der Waals surface area contributed by atoms with E-state index in [-0.39, 0.29) is 304 Å². The summed E-state index contributed by atoms with van der Waals surface area (Å²) in [5.41, 5.74) is 0. The zero-order valence-electron chi connectivity index (χ0n) is 59.2. The molecule has 3 aromatic rings. The number of pyridine rings is 3. The second-order valence-corrected chi connectivity index (χ2v) is 18.6. The van der Waals surface area contributed by atoms with Crippen molar-refractivity contribution in [2.45, 2.75) is 0 Å². The molecule has 3 heterocycles. The van der Waals surface area contributed by atoms with Crippen LogP contribution in [0.2, 0.25) is 0 Å². The van der Waals surface area contributed by atoms with E-state index in [2.05, 4.69) is 15.0 Å². The number of carbonyl (C=O) groups excluding carboxylic acids is 12. The summed E-state index contributed by atoms with van der Waals surface area (Å²) in [6.07, 6.45) is 11.2. The van der Waals surface area contributed by atoms with Gasteiger partial charge in [0.15, 0.2) is 0 Å². The van der Waals surface area contributed by atoms with E-state index >= 15 is 0 Å². The molecule has 0 bridgehead atoms. The van der Waals surface area contributed by atoms with Crippen LogP contribution >= 0.6 is 0 Å². The third kappa shape index (κ3) is 205. The molecule has 0 aromatic carbocycles. The van der Waals surface area contributed by atoms with Gasteiger partial charge < -0.3 is 291 Å². The number of aromatic amines is 3. The first-order valence-corrected chi connectivity index (χ1v) is 28.1. The van der Waals surface area contributed by atoms with E-state index in [4.69, 9.17) is 52.6 Å². The van der Waals surface area contributed by atoms with Gasteiger partial charge in [0.1, 0.15) is 37.2 Å². The molecule has 68 heteroatoms. The first kappa shape index (κ1) is 185. The van der Waals surface area contributed by atoms with Crippen LogP contribution in [0.15, 0.2) is 91.8 Å². The van der Waals surface area contributed by atoms with Crippen molar-refractivity contribution >= 4 is 103 Å². The molecule has 0 aliphatic rings. The SMILES string of the molecule is O=C([O-])CN(CCN(CC(=O)[O-])CC(=O)[O-])CC(=O)[O-].O=C([O-])CN(CCN(CC(=O)[O-])CC(=O)[O-])CC(=O)[O-].O=C([O-])CN(CCN(CC(=O)[O-])CC(=O)[O-])CC(=O)[O-].O=S(=O)([O-])[O-].O=S(=O)([O-])[O-].O=S(=O)([O-])[O-].[Br-].[Br-].[Br-].[Br-].[Br-].[Br-].[Fe+2].[Fe+2].[Fe+2].[Fe+2].[Fe+2].[Fe+2].[Fe+2].[NH4+].[NH4+].[NH4+].[NH4+].[NH4+].[NH4+].[NH4+].c1cc[nH][cH+]c1.c1cc[nH][cH+]c1.c1cc[nH][cH+]c1. The van der Waals surface area contributed by atoms with Gasteiger partial charge in [0.2, 0.25) is 0 Å². The zero-order valence-corrected chi connectivity index (χ0v) is 78.9. The summed E-state index contributed by atoms with van der Waals surface area (Å²) in [6.45, 7) is -9.75. The molecule has 113 heavy (non-hydrogen) atoms. The molecule has 0 saturated carbocycles. The number of rotatable bonds is 33. The average molecular weight is 2390 g/mol. The van der Waals surface area contributed by atoms with Gasteiger partial charge in [0.05, 0.1) is 108 Å². The van der Waals surface area contributed by atoms with E-state index in [1.165, 1.54) is 0 Å². The summed E-state index contributed by atoms with van der Waals surface area (Å²) in [7, 11) is -15.5. The number of aromatic nitrogens is 3. The van der Waals surface area contributed by atoms with Gasteiger partial charge >= 0.3 is 119 Å². The molecule has 31 N–H and O–H groups in total. The standard InChI is InChI=1S/3C10H16N2O8.3C5H6N.6BrH.7Fe.7H3N.3H2O4S/c3*13-7(14)3-11(4-8(15)16)1-2-12(5-9(17)18)6-10(19)20;3*1-2-4-6-5-3-1;;;;;;;;;;;;;;;;;;;;;3*1-5(2,3)4/h3*1-6H2,(H,13,14)(H,15,16)(H,17,18)(H,19,20);3*1-6H;6*1H;;;;;;;;7*1H3;3*(H2,1,2,3,4)/q;;;3*+1;;;;;;;7*+2;;;;;;;;;;/p-17. The van der Waals surface area contributed by atoms with E-state index in [1.54, 1.807) is 0 Å². The van der Waals surface area contributed by atoms with E-state index in [0.29, 0.717) is 0 Å². The van der Waals surface area contributed by atoms with Crippen LogP contribution in [0.4, 0.5) is 0 Å². The van der Waals surface area contributed by atoms with Gasteiger partial charge in [-0.2, -0.15) is 0 Å². The molecular formula is C45H82Br6Fe7N16O36S3. The topological polar surface area (TPSA) is 1040 Å². The van der Waals surface area contributed by atoms with Crippen molar-refractivity contribution < 1.29 is 393 Å². The second kappa shape index (κ2) is 115. The fraction of sp³-hybridized carbons (Fsp3) is 0.400. The molecule has 3 aromatic heterocycles. The Morgan fingerprint density at radius 2 is 0.319 bits per heavy atom. The Hall–Kier alpha value is -3.30. The first-order chi connectivity index (χ1) is 42.6. The summed E-state index contributed by atoms with van der Waals surface area (Å²) < 4.78 is 102. The summed E-state index contributed by atoms with van der Waals surface area (Å²) in [4.78, 5) is 139. The molecule has 0 unspecified atom stereocenters. The van der Waals surface area contributed by atoms with Crippen molar-refractivity contribution in [1.82, 2.24) is 87.4 Å². The van der Waals surface area contributed by atoms with Gasteiger partial charge in [-0.25, -0.2) is 0 Å². The number of carboxylic acids is 12. The van der Waals surface area contributed by atoms with Gasteiger partial charge in [-0.3, -0.25) is 69.6 Å². The number of hydrogen-bond acceptors (Lipinski definition) is 42. The van der Waals surface area contributed by atoms with E-state index < -0.39 is 181 Å². The minimum Gasteiger partial charge on any atom is -1.00 e. The summed E-state index contributed by atoms with van der Waals surface area (Å²) in [6, 6.07) is 17.6. The monoisotopic (exact) mass is 2380 g/mol. The number of carboxylic acid groups (broad SMARTS) is 12. The molecular weight excluding hydrogens is 2310 g/mol. The van der Waals surface area contributed by atoms with Gasteiger partial charge in [-0.1, -0.05) is 0 Å². The molecule has 0 aliphatic heterocycles. The van der Waals surface area contributed by atoms with Crippen molar-refractivity contribution in [2.24, 2.45) is 0 Å². The maximum absolute atomic E-state index is 10.4. The van der Waals surface area contributed by atoms with E-state index in [0.717, 1.165) is 29.4 Å². The van der Waals surface area contributed by atoms with Crippen molar-refractivity contribution in [3.8, 4) is 0 Å². The third-order valence-electron chi connectivity index (χ3n) is 8.25. The van der Waals surface area contributed by atoms with Crippen LogP contribution in [0.3, 0.4) is 0 Å². The zero-order chi connectivity index (χ0) is 73.3. The molecule has 0 saturated heterocycles. The third-order valence-corrected chi connectivity index (χ3v) is 8.25. The summed E-state index contributed by atoms with van der Waals surface area (Å²) in [5, 5.41) is 125. The fourth-order valence-corrected chi connectivity index (χ4v) is 5.35. The van der Waals surface area contributed by atoms with Crippen molar-refractivity contribution in [1.29, 1.82) is 0 Å². The molecule has 0 amide bonds. The summed E-state index contributed by atoms with van der Waals surface area (Å²) >= 11 is 0. The molecule has 0 radical (unpaired) electrons. The van der Waals surface area contributed by atoms with Crippen LogP contribution in [0.1, 0.15) is 0 Å². The maximum atomic E-state index is 10.4. The van der Waals surface area contributed by atoms with Gasteiger partial charge in [0.25, 0.3) is 0 Å². The Balaban J connectivity index is -0.0000000323. The molecule has 0 atom stereocenters. The summed E-state index contributed by atoms with van der Waals surface area (Å²) in [5.74, 6) is -18.4. The number of quaternary nitrogens is 7. The fourth-order valence-electron chi connectivity index (χ4n) is 5.35. The average Bonchev–Trinajstić information content (AvgIpc) is 0.952. The number of nitrogens with one attached hydrogen (secondary N) is 3. The predicted octanol–water partition coefficient (Wildman–Crippen LogP) is -37.7. The van der Waals surface area contributed by atoms with Crippen LogP contribution < -0.4 is 206 Å². The largest absolute Gasteiger partial charge is 2.00 e. The maximum Gasteiger partial charge on any atom is 2.00 e. The Labute approximate surface area is 784 Å². The van der Waals surface area contributed by atoms with Crippen molar-refractivity contribution in [3.05, 3.63) is 91.8 Å². The number of halogens is 6. The molecule has 0 fully saturated rings. The minimum absolute atomic E-state index is 0. The second-order valence-electron chi connectivity index (χ2n) is 16.2. The molecule has 3 rings (SSSR count). The first-order valence-electron chi connectivity index (χ1n) is 24.1. The Morgan fingerprint density at radius 3 is 0.354 bits per heavy atom. The van der Waals surface area contributed by atoms with Gasteiger partial charge in [-0.05, 0) is 0 Å². The predicted molar refractivity (Wildman–Crippen MR) is 308 cm³/mol. The van der Waals surface area contributed by atoms with Crippen LogP contribution in [0, 0.1) is 0 Å². The number of H-pyrrole nitrogens is 3. The molecule has 674 valence electrons. The van der Waals surface area contributed by atoms with Crippen LogP contribution in [0.25, 0.3) is 0 Å². The number of nitrogens with zero attached hydrogens (tertiary/aromatic N) is 6. The number of aliphatic carboxylic acids is 12. The normalized spacial score (nSPS) is 8.50. The quantitative estimate of drug-likeness (QED) is 0.0117. The van der Waals surface area contributed by atoms with Crippen LogP contribution in [0.5, 0.6) is 0 Å². The van der Waals surface area contributed by atoms with Crippen LogP contribution in [-0.2, 0) is 208 Å². The van der Waals surface area contributed by atoms with Crippen molar-refractivity contribution in [3.63, 3.8) is 0 Å². The Kier molecular flexibility index (Phi) is 188. The van der Waals surface area contributed by atoms with E-state index in [9.17, 15) is 119 Å². The van der Waals surface area contributed by atoms with Gasteiger partial charge in [0, 0.05) is 167 Å². The van der Waals surface area contributed by atoms with E-state index in [1.807, 2.05) is 91.8 Å². The number of carbonyl (C=O) groups is 12. The Morgan fingerprint density at radius 1 is 0.230 bits per heavy atom. The number of hydrogen-bond donors (Lipinski definition) is 10. The minimum atomic E-state index is -5.17.